The second kappa shape index (κ2) is 5.86. The summed E-state index contributed by atoms with van der Waals surface area (Å²) in [4.78, 5) is 5.11. The molecule has 1 rings (SSSR count). The van der Waals surface area contributed by atoms with Gasteiger partial charge in [-0.05, 0) is 32.1 Å². The molecule has 0 aliphatic rings. The number of nitrogens with zero attached hydrogens (tertiary/aromatic N) is 1. The molecule has 0 fully saturated rings. The Labute approximate surface area is 99.1 Å². The smallest absolute Gasteiger partial charge is 0.0897 e. The van der Waals surface area contributed by atoms with E-state index in [4.69, 9.17) is 0 Å². The Morgan fingerprint density at radius 1 is 1.50 bits per heavy atom. The molecule has 0 N–H and O–H groups in total. The Kier molecular flexibility index (Phi) is 5.10. The van der Waals surface area contributed by atoms with E-state index < -0.39 is 0 Å². The number of aromatic nitrogens is 1. The van der Waals surface area contributed by atoms with Crippen molar-refractivity contribution in [3.8, 4) is 0 Å². The van der Waals surface area contributed by atoms with E-state index in [9.17, 15) is 0 Å². The van der Waals surface area contributed by atoms with Crippen molar-refractivity contribution in [2.75, 3.05) is 0 Å². The van der Waals surface area contributed by atoms with Gasteiger partial charge in [-0.25, -0.2) is 4.98 Å². The molecule has 0 spiro atoms. The molecule has 14 heavy (non-hydrogen) atoms. The van der Waals surface area contributed by atoms with Crippen LogP contribution in [-0.4, -0.2) is 9.81 Å². The normalized spacial score (nSPS) is 13.5. The van der Waals surface area contributed by atoms with Crippen LogP contribution in [0.1, 0.15) is 37.4 Å². The molecule has 0 amide bonds. The van der Waals surface area contributed by atoms with Gasteiger partial charge in [0.15, 0.2) is 0 Å². The Bertz CT molecular complexity index is 270. The summed E-state index contributed by atoms with van der Waals surface area (Å²) in [7, 11) is 0. The average Bonchev–Trinajstić information content (AvgIpc) is 2.51. The van der Waals surface area contributed by atoms with Crippen LogP contribution in [0, 0.1) is 12.8 Å². The van der Waals surface area contributed by atoms with Crippen LogP contribution in [-0.2, 0) is 6.42 Å². The molecule has 1 unspecified atom stereocenters. The number of thiazole rings is 1. The zero-order valence-electron chi connectivity index (χ0n) is 9.09. The quantitative estimate of drug-likeness (QED) is 0.735. The molecule has 1 aromatic rings. The first-order valence-corrected chi connectivity index (χ1v) is 6.94. The topological polar surface area (TPSA) is 12.9 Å². The van der Waals surface area contributed by atoms with Gasteiger partial charge in [-0.3, -0.25) is 0 Å². The second-order valence-corrected chi connectivity index (χ2v) is 6.25. The Morgan fingerprint density at radius 2 is 2.21 bits per heavy atom. The highest BCUT2D eigenvalue weighted by Crippen LogP contribution is 2.19. The highest BCUT2D eigenvalue weighted by Gasteiger charge is 2.08. The summed E-state index contributed by atoms with van der Waals surface area (Å²) in [5, 5.41) is 3.35. The summed E-state index contributed by atoms with van der Waals surface area (Å²) in [5.41, 5.74) is 1.26. The van der Waals surface area contributed by atoms with Gasteiger partial charge in [0.25, 0.3) is 0 Å². The van der Waals surface area contributed by atoms with Crippen molar-refractivity contribution in [1.82, 2.24) is 4.98 Å². The number of hydrogen-bond donors (Lipinski definition) is 0. The molecule has 0 saturated carbocycles. The van der Waals surface area contributed by atoms with Crippen LogP contribution in [0.2, 0.25) is 0 Å². The van der Waals surface area contributed by atoms with E-state index in [2.05, 4.69) is 47.1 Å². The van der Waals surface area contributed by atoms with Crippen LogP contribution in [0.4, 0.5) is 0 Å². The van der Waals surface area contributed by atoms with Gasteiger partial charge in [-0.1, -0.05) is 29.8 Å². The maximum absolute atomic E-state index is 4.46. The monoisotopic (exact) mass is 275 g/mol. The molecule has 1 nitrogen and oxygen atoms in total. The maximum Gasteiger partial charge on any atom is 0.0897 e. The SMILES string of the molecule is Cc1nc(CCCC(Br)C(C)C)cs1. The molecule has 1 aromatic heterocycles. The third-order valence-corrected chi connectivity index (χ3v) is 4.64. The fourth-order valence-corrected chi connectivity index (χ4v) is 2.31. The average molecular weight is 276 g/mol. The fraction of sp³-hybridized carbons (Fsp3) is 0.727. The lowest BCUT2D eigenvalue weighted by Gasteiger charge is -2.12. The standard InChI is InChI=1S/C11H18BrNS/c1-8(2)11(12)6-4-5-10-7-14-9(3)13-10/h7-8,11H,4-6H2,1-3H3. The van der Waals surface area contributed by atoms with E-state index in [1.807, 2.05) is 0 Å². The van der Waals surface area contributed by atoms with Gasteiger partial charge in [0.2, 0.25) is 0 Å². The summed E-state index contributed by atoms with van der Waals surface area (Å²) in [5.74, 6) is 0.729. The first-order chi connectivity index (χ1) is 6.59. The fourth-order valence-electron chi connectivity index (χ4n) is 1.33. The zero-order valence-corrected chi connectivity index (χ0v) is 11.5. The molecule has 0 bridgehead atoms. The second-order valence-electron chi connectivity index (χ2n) is 4.01. The van der Waals surface area contributed by atoms with Gasteiger partial charge in [0.1, 0.15) is 0 Å². The van der Waals surface area contributed by atoms with Crippen molar-refractivity contribution < 1.29 is 0 Å². The van der Waals surface area contributed by atoms with Crippen LogP contribution in [0.25, 0.3) is 0 Å². The van der Waals surface area contributed by atoms with Crippen molar-refractivity contribution in [3.63, 3.8) is 0 Å². The number of rotatable bonds is 5. The van der Waals surface area contributed by atoms with Crippen LogP contribution in [0.5, 0.6) is 0 Å². The first-order valence-electron chi connectivity index (χ1n) is 5.14. The van der Waals surface area contributed by atoms with Crippen molar-refractivity contribution in [1.29, 1.82) is 0 Å². The molecule has 0 aliphatic carbocycles. The van der Waals surface area contributed by atoms with Gasteiger partial charge in [0.05, 0.1) is 10.7 Å². The van der Waals surface area contributed by atoms with Gasteiger partial charge in [-0.15, -0.1) is 11.3 Å². The van der Waals surface area contributed by atoms with Crippen molar-refractivity contribution >= 4 is 27.3 Å². The van der Waals surface area contributed by atoms with Gasteiger partial charge >= 0.3 is 0 Å². The molecule has 1 heterocycles. The highest BCUT2D eigenvalue weighted by atomic mass is 79.9. The summed E-state index contributed by atoms with van der Waals surface area (Å²) in [6.45, 7) is 6.58. The minimum absolute atomic E-state index is 0.655. The number of aryl methyl sites for hydroxylation is 2. The molecule has 0 aromatic carbocycles. The first kappa shape index (κ1) is 12.2. The number of hydrogen-bond acceptors (Lipinski definition) is 2. The number of halogens is 1. The zero-order chi connectivity index (χ0) is 10.6. The van der Waals surface area contributed by atoms with Crippen molar-refractivity contribution in [3.05, 3.63) is 16.1 Å². The van der Waals surface area contributed by atoms with Crippen molar-refractivity contribution in [2.24, 2.45) is 5.92 Å². The van der Waals surface area contributed by atoms with Crippen LogP contribution < -0.4 is 0 Å². The minimum Gasteiger partial charge on any atom is -0.247 e. The van der Waals surface area contributed by atoms with Gasteiger partial charge in [0, 0.05) is 10.2 Å². The van der Waals surface area contributed by atoms with Gasteiger partial charge in [-0.2, -0.15) is 0 Å². The largest absolute Gasteiger partial charge is 0.247 e. The van der Waals surface area contributed by atoms with E-state index in [0.29, 0.717) is 4.83 Å². The Morgan fingerprint density at radius 3 is 2.71 bits per heavy atom. The molecule has 0 saturated heterocycles. The van der Waals surface area contributed by atoms with E-state index in [1.54, 1.807) is 11.3 Å². The molecule has 1 atom stereocenters. The third kappa shape index (κ3) is 4.09. The lowest BCUT2D eigenvalue weighted by atomic mass is 10.0. The lowest BCUT2D eigenvalue weighted by molar-refractivity contribution is 0.561. The summed E-state index contributed by atoms with van der Waals surface area (Å²) in [6.07, 6.45) is 3.60. The lowest BCUT2D eigenvalue weighted by Crippen LogP contribution is -2.07. The van der Waals surface area contributed by atoms with E-state index >= 15 is 0 Å². The summed E-state index contributed by atoms with van der Waals surface area (Å²) >= 11 is 5.45. The van der Waals surface area contributed by atoms with Crippen LogP contribution in [0.15, 0.2) is 5.38 Å². The molecule has 80 valence electrons. The van der Waals surface area contributed by atoms with Crippen molar-refractivity contribution in [2.45, 2.75) is 44.9 Å². The molecular weight excluding hydrogens is 258 g/mol. The maximum atomic E-state index is 4.46. The third-order valence-electron chi connectivity index (χ3n) is 2.30. The minimum atomic E-state index is 0.655. The van der Waals surface area contributed by atoms with Crippen LogP contribution in [0.3, 0.4) is 0 Å². The number of alkyl halides is 1. The highest BCUT2D eigenvalue weighted by molar-refractivity contribution is 9.09. The van der Waals surface area contributed by atoms with Crippen LogP contribution >= 0.6 is 27.3 Å². The van der Waals surface area contributed by atoms with E-state index in [1.165, 1.54) is 23.5 Å². The predicted octanol–water partition coefficient (Wildman–Crippen LogP) is 4.19. The molecule has 3 heteroatoms. The summed E-state index contributed by atoms with van der Waals surface area (Å²) < 4.78 is 0. The Hall–Kier alpha value is 0.110. The van der Waals surface area contributed by atoms with Gasteiger partial charge < -0.3 is 0 Å². The Balaban J connectivity index is 2.22. The predicted molar refractivity (Wildman–Crippen MR) is 67.3 cm³/mol. The summed E-state index contributed by atoms with van der Waals surface area (Å²) in [6, 6.07) is 0. The van der Waals surface area contributed by atoms with E-state index in [-0.39, 0.29) is 0 Å². The van der Waals surface area contributed by atoms with E-state index in [0.717, 1.165) is 12.3 Å². The molecular formula is C11H18BrNS. The molecule has 0 radical (unpaired) electrons. The molecule has 0 aliphatic heterocycles.